The Hall–Kier alpha value is -2.05. The maximum atomic E-state index is 13.6. The summed E-state index contributed by atoms with van der Waals surface area (Å²) in [6.45, 7) is 0. The fourth-order valence-corrected chi connectivity index (χ4v) is 3.01. The Kier molecular flexibility index (Phi) is 3.69. The molecule has 1 N–H and O–H groups in total. The zero-order valence-corrected chi connectivity index (χ0v) is 10.9. The molecule has 7 nitrogen and oxygen atoms in total. The van der Waals surface area contributed by atoms with Crippen LogP contribution >= 0.6 is 0 Å². The molecule has 1 fully saturated rings. The minimum absolute atomic E-state index is 0.0865. The van der Waals surface area contributed by atoms with Crippen LogP contribution < -0.4 is 4.72 Å². The van der Waals surface area contributed by atoms with Crippen LogP contribution in [0.5, 0.6) is 0 Å². The topological polar surface area (TPSA) is 113 Å². The number of hydrogen-bond donors (Lipinski definition) is 1. The molecule has 2 rings (SSSR count). The molecule has 1 saturated carbocycles. The van der Waals surface area contributed by atoms with Crippen LogP contribution in [0.1, 0.15) is 12.8 Å². The lowest BCUT2D eigenvalue weighted by Crippen LogP contribution is -2.35. The average molecular weight is 299 g/mol. The summed E-state index contributed by atoms with van der Waals surface area (Å²) in [5.74, 6) is -1.19. The first-order valence-electron chi connectivity index (χ1n) is 5.71. The Bertz CT molecular complexity index is 694. The predicted octanol–water partition coefficient (Wildman–Crippen LogP) is 1.31. The number of nitrogens with one attached hydrogen (secondary N) is 1. The molecule has 0 amide bonds. The van der Waals surface area contributed by atoms with Gasteiger partial charge in [-0.05, 0) is 24.8 Å². The number of nitro groups is 1. The second-order valence-electron chi connectivity index (χ2n) is 4.44. The van der Waals surface area contributed by atoms with Gasteiger partial charge in [-0.25, -0.2) is 12.8 Å². The van der Waals surface area contributed by atoms with Crippen molar-refractivity contribution in [3.63, 3.8) is 0 Å². The first-order chi connectivity index (χ1) is 9.35. The van der Waals surface area contributed by atoms with E-state index in [1.165, 1.54) is 0 Å². The molecule has 20 heavy (non-hydrogen) atoms. The van der Waals surface area contributed by atoms with Crippen molar-refractivity contribution >= 4 is 15.7 Å². The van der Waals surface area contributed by atoms with Gasteiger partial charge in [0.25, 0.3) is 5.69 Å². The fourth-order valence-electron chi connectivity index (χ4n) is 1.70. The van der Waals surface area contributed by atoms with E-state index in [1.807, 2.05) is 0 Å². The maximum absolute atomic E-state index is 13.6. The van der Waals surface area contributed by atoms with Crippen molar-refractivity contribution in [1.29, 1.82) is 5.26 Å². The summed E-state index contributed by atoms with van der Waals surface area (Å²) >= 11 is 0. The third-order valence-electron chi connectivity index (χ3n) is 2.93. The molecule has 0 saturated heterocycles. The summed E-state index contributed by atoms with van der Waals surface area (Å²) in [4.78, 5) is 8.96. The minimum Gasteiger partial charge on any atom is -0.258 e. The first-order valence-corrected chi connectivity index (χ1v) is 7.19. The Morgan fingerprint density at radius 1 is 1.50 bits per heavy atom. The van der Waals surface area contributed by atoms with Gasteiger partial charge >= 0.3 is 0 Å². The quantitative estimate of drug-likeness (QED) is 0.650. The molecule has 1 atom stereocenters. The van der Waals surface area contributed by atoms with Gasteiger partial charge in [0.05, 0.1) is 11.0 Å². The Morgan fingerprint density at radius 3 is 2.65 bits per heavy atom. The lowest BCUT2D eigenvalue weighted by molar-refractivity contribution is -0.385. The summed E-state index contributed by atoms with van der Waals surface area (Å²) in [6, 6.07) is 3.08. The van der Waals surface area contributed by atoms with Crippen LogP contribution in [0.4, 0.5) is 10.1 Å². The Labute approximate surface area is 114 Å². The number of nitro benzene ring substituents is 1. The molecule has 1 aliphatic carbocycles. The van der Waals surface area contributed by atoms with Crippen LogP contribution in [-0.2, 0) is 10.0 Å². The predicted molar refractivity (Wildman–Crippen MR) is 65.5 cm³/mol. The normalized spacial score (nSPS) is 16.4. The molecule has 106 valence electrons. The Balaban J connectivity index is 2.35. The van der Waals surface area contributed by atoms with E-state index < -0.39 is 37.4 Å². The van der Waals surface area contributed by atoms with E-state index >= 15 is 0 Å². The van der Waals surface area contributed by atoms with Crippen LogP contribution in [0.2, 0.25) is 0 Å². The smallest absolute Gasteiger partial charge is 0.258 e. The maximum Gasteiger partial charge on any atom is 0.270 e. The van der Waals surface area contributed by atoms with E-state index in [0.717, 1.165) is 18.9 Å². The number of halogens is 1. The average Bonchev–Trinajstić information content (AvgIpc) is 3.20. The number of non-ortho nitro benzene ring substituents is 1. The van der Waals surface area contributed by atoms with Gasteiger partial charge in [-0.15, -0.1) is 0 Å². The molecule has 0 aromatic heterocycles. The number of nitriles is 1. The minimum atomic E-state index is -4.32. The van der Waals surface area contributed by atoms with Gasteiger partial charge in [-0.1, -0.05) is 0 Å². The molecular formula is C11H10FN3O4S. The molecule has 0 spiro atoms. The van der Waals surface area contributed by atoms with E-state index in [9.17, 15) is 22.9 Å². The van der Waals surface area contributed by atoms with Crippen LogP contribution in [0.3, 0.4) is 0 Å². The summed E-state index contributed by atoms with van der Waals surface area (Å²) in [5.41, 5.74) is -0.535. The van der Waals surface area contributed by atoms with E-state index in [0.29, 0.717) is 12.1 Å². The highest BCUT2D eigenvalue weighted by atomic mass is 32.2. The van der Waals surface area contributed by atoms with Crippen molar-refractivity contribution in [2.75, 3.05) is 0 Å². The van der Waals surface area contributed by atoms with Gasteiger partial charge in [-0.3, -0.25) is 10.1 Å². The fraction of sp³-hybridized carbons (Fsp3) is 0.364. The lowest BCUT2D eigenvalue weighted by Gasteiger charge is -2.11. The molecule has 1 unspecified atom stereocenters. The number of rotatable bonds is 5. The lowest BCUT2D eigenvalue weighted by atomic mass is 10.2. The largest absolute Gasteiger partial charge is 0.270 e. The zero-order chi connectivity index (χ0) is 14.9. The molecule has 0 aliphatic heterocycles. The molecule has 1 aliphatic rings. The third kappa shape index (κ3) is 2.92. The number of sulfonamides is 1. The third-order valence-corrected chi connectivity index (χ3v) is 4.39. The SMILES string of the molecule is N#CC(NS(=O)(=O)c1cc([N+](=O)[O-])ccc1F)C1CC1. The first kappa shape index (κ1) is 14.4. The van der Waals surface area contributed by atoms with Crippen molar-refractivity contribution in [1.82, 2.24) is 4.72 Å². The molecule has 0 bridgehead atoms. The highest BCUT2D eigenvalue weighted by Crippen LogP contribution is 2.33. The standard InChI is InChI=1S/C11H10FN3O4S/c12-9-4-3-8(15(16)17)5-11(9)20(18,19)14-10(6-13)7-1-2-7/h3-5,7,10,14H,1-2H2. The summed E-state index contributed by atoms with van der Waals surface area (Å²) in [5, 5.41) is 19.5. The van der Waals surface area contributed by atoms with E-state index in [2.05, 4.69) is 4.72 Å². The van der Waals surface area contributed by atoms with Crippen LogP contribution in [0.25, 0.3) is 0 Å². The number of hydrogen-bond acceptors (Lipinski definition) is 5. The van der Waals surface area contributed by atoms with Gasteiger partial charge < -0.3 is 0 Å². The van der Waals surface area contributed by atoms with Crippen molar-refractivity contribution in [2.45, 2.75) is 23.8 Å². The highest BCUT2D eigenvalue weighted by Gasteiger charge is 2.35. The second-order valence-corrected chi connectivity index (χ2v) is 6.12. The monoisotopic (exact) mass is 299 g/mol. The van der Waals surface area contributed by atoms with Crippen molar-refractivity contribution in [2.24, 2.45) is 5.92 Å². The summed E-state index contributed by atoms with van der Waals surface area (Å²) in [6.07, 6.45) is 1.44. The highest BCUT2D eigenvalue weighted by molar-refractivity contribution is 7.89. The van der Waals surface area contributed by atoms with Crippen molar-refractivity contribution in [3.8, 4) is 6.07 Å². The van der Waals surface area contributed by atoms with E-state index in [-0.39, 0.29) is 5.92 Å². The summed E-state index contributed by atoms with van der Waals surface area (Å²) < 4.78 is 39.7. The van der Waals surface area contributed by atoms with Gasteiger partial charge in [0.2, 0.25) is 10.0 Å². The molecule has 1 aromatic carbocycles. The van der Waals surface area contributed by atoms with Crippen LogP contribution in [0, 0.1) is 33.2 Å². The van der Waals surface area contributed by atoms with Gasteiger partial charge in [0.1, 0.15) is 16.8 Å². The van der Waals surface area contributed by atoms with Gasteiger partial charge in [-0.2, -0.15) is 9.98 Å². The van der Waals surface area contributed by atoms with E-state index in [1.54, 1.807) is 6.07 Å². The molecular weight excluding hydrogens is 289 g/mol. The van der Waals surface area contributed by atoms with E-state index in [4.69, 9.17) is 5.26 Å². The molecule has 0 radical (unpaired) electrons. The van der Waals surface area contributed by atoms with Crippen molar-refractivity contribution < 1.29 is 17.7 Å². The second kappa shape index (κ2) is 5.15. The zero-order valence-electron chi connectivity index (χ0n) is 10.1. The molecule has 1 aromatic rings. The van der Waals surface area contributed by atoms with Gasteiger partial charge in [0.15, 0.2) is 0 Å². The van der Waals surface area contributed by atoms with Crippen molar-refractivity contribution in [3.05, 3.63) is 34.1 Å². The van der Waals surface area contributed by atoms with Crippen LogP contribution in [0.15, 0.2) is 23.1 Å². The Morgan fingerprint density at radius 2 is 2.15 bits per heavy atom. The molecule has 0 heterocycles. The molecule has 9 heteroatoms. The van der Waals surface area contributed by atoms with Gasteiger partial charge in [0, 0.05) is 12.1 Å². The summed E-state index contributed by atoms with van der Waals surface area (Å²) in [7, 11) is -4.32. The number of nitrogens with zero attached hydrogens (tertiary/aromatic N) is 2. The number of benzene rings is 1. The van der Waals surface area contributed by atoms with Crippen LogP contribution in [-0.4, -0.2) is 19.4 Å².